The third-order valence-corrected chi connectivity index (χ3v) is 6.19. The Kier molecular flexibility index (Phi) is 5.84. The first-order valence-corrected chi connectivity index (χ1v) is 11.3. The van der Waals surface area contributed by atoms with Crippen LogP contribution in [0.3, 0.4) is 0 Å². The maximum absolute atomic E-state index is 12.8. The number of carbonyl (C=O) groups excluding carboxylic acids is 2. The van der Waals surface area contributed by atoms with Gasteiger partial charge in [0.25, 0.3) is 5.91 Å². The number of piperidine rings is 1. The van der Waals surface area contributed by atoms with E-state index >= 15 is 0 Å². The van der Waals surface area contributed by atoms with Crippen LogP contribution in [0.2, 0.25) is 5.02 Å². The number of oxazole rings is 1. The second-order valence-corrected chi connectivity index (χ2v) is 8.56. The van der Waals surface area contributed by atoms with Gasteiger partial charge in [-0.05, 0) is 73.5 Å². The number of nitrogens with one attached hydrogen (secondary N) is 1. The van der Waals surface area contributed by atoms with Crippen molar-refractivity contribution in [1.82, 2.24) is 9.88 Å². The number of nitrogens with zero attached hydrogens (tertiary/aromatic N) is 2. The Morgan fingerprint density at radius 2 is 1.64 bits per heavy atom. The van der Waals surface area contributed by atoms with Gasteiger partial charge in [-0.2, -0.15) is 0 Å². The van der Waals surface area contributed by atoms with E-state index in [-0.39, 0.29) is 17.7 Å². The molecule has 1 saturated heterocycles. The van der Waals surface area contributed by atoms with E-state index in [1.54, 1.807) is 29.2 Å². The number of amides is 2. The summed E-state index contributed by atoms with van der Waals surface area (Å²) in [4.78, 5) is 31.7. The molecule has 0 saturated carbocycles. The number of rotatable bonds is 4. The second-order valence-electron chi connectivity index (χ2n) is 8.13. The lowest BCUT2D eigenvalue weighted by molar-refractivity contribution is -0.121. The number of hydrogen-bond acceptors (Lipinski definition) is 4. The van der Waals surface area contributed by atoms with Crippen LogP contribution < -0.4 is 5.32 Å². The number of halogens is 1. The molecule has 1 fully saturated rings. The highest BCUT2D eigenvalue weighted by molar-refractivity contribution is 6.30. The lowest BCUT2D eigenvalue weighted by Crippen LogP contribution is -2.41. The minimum absolute atomic E-state index is 0.0248. The molecule has 2 heterocycles. The minimum atomic E-state index is -0.129. The molecule has 7 heteroatoms. The molecule has 0 bridgehead atoms. The largest absolute Gasteiger partial charge is 0.436 e. The smallest absolute Gasteiger partial charge is 0.253 e. The quantitative estimate of drug-likeness (QED) is 0.428. The Morgan fingerprint density at radius 3 is 2.33 bits per heavy atom. The SMILES string of the molecule is O=C(Nc1ccc(-c2nc3ccccc3o2)cc1)C1CCN(C(=O)c2ccc(Cl)cc2)CC1. The zero-order valence-corrected chi connectivity index (χ0v) is 18.6. The van der Waals surface area contributed by atoms with Gasteiger partial charge < -0.3 is 14.6 Å². The van der Waals surface area contributed by atoms with Crippen LogP contribution in [0.25, 0.3) is 22.6 Å². The average molecular weight is 460 g/mol. The highest BCUT2D eigenvalue weighted by atomic mass is 35.5. The molecule has 33 heavy (non-hydrogen) atoms. The van der Waals surface area contributed by atoms with Crippen molar-refractivity contribution in [2.45, 2.75) is 12.8 Å². The monoisotopic (exact) mass is 459 g/mol. The van der Waals surface area contributed by atoms with Gasteiger partial charge >= 0.3 is 0 Å². The fourth-order valence-corrected chi connectivity index (χ4v) is 4.18. The Morgan fingerprint density at radius 1 is 0.939 bits per heavy atom. The Bertz CT molecular complexity index is 1260. The maximum Gasteiger partial charge on any atom is 0.253 e. The molecule has 166 valence electrons. The highest BCUT2D eigenvalue weighted by Gasteiger charge is 2.28. The van der Waals surface area contributed by atoms with E-state index in [9.17, 15) is 9.59 Å². The highest BCUT2D eigenvalue weighted by Crippen LogP contribution is 2.26. The van der Waals surface area contributed by atoms with Crippen LogP contribution in [0, 0.1) is 5.92 Å². The molecular weight excluding hydrogens is 438 g/mol. The Labute approximate surface area is 196 Å². The minimum Gasteiger partial charge on any atom is -0.436 e. The summed E-state index contributed by atoms with van der Waals surface area (Å²) in [6.07, 6.45) is 1.26. The third kappa shape index (κ3) is 4.61. The van der Waals surface area contributed by atoms with Crippen molar-refractivity contribution in [2.75, 3.05) is 18.4 Å². The van der Waals surface area contributed by atoms with E-state index in [0.29, 0.717) is 42.4 Å². The second kappa shape index (κ2) is 9.08. The molecule has 4 aromatic rings. The molecule has 0 unspecified atom stereocenters. The molecule has 0 spiro atoms. The van der Waals surface area contributed by atoms with Gasteiger partial charge in [0.1, 0.15) is 5.52 Å². The fourth-order valence-electron chi connectivity index (χ4n) is 4.06. The van der Waals surface area contributed by atoms with Crippen molar-refractivity contribution in [3.63, 3.8) is 0 Å². The first-order chi connectivity index (χ1) is 16.1. The number of aromatic nitrogens is 1. The molecule has 0 radical (unpaired) electrons. The van der Waals surface area contributed by atoms with Gasteiger partial charge in [-0.3, -0.25) is 9.59 Å². The fraction of sp³-hybridized carbons (Fsp3) is 0.192. The van der Waals surface area contributed by atoms with Gasteiger partial charge in [0.05, 0.1) is 0 Å². The van der Waals surface area contributed by atoms with Crippen molar-refractivity contribution in [3.05, 3.63) is 83.4 Å². The molecule has 1 aliphatic heterocycles. The van der Waals surface area contributed by atoms with Gasteiger partial charge in [0.2, 0.25) is 11.8 Å². The van der Waals surface area contributed by atoms with E-state index < -0.39 is 0 Å². The summed E-state index contributed by atoms with van der Waals surface area (Å²) >= 11 is 5.90. The zero-order chi connectivity index (χ0) is 22.8. The normalized spacial score (nSPS) is 14.4. The summed E-state index contributed by atoms with van der Waals surface area (Å²) in [7, 11) is 0. The molecular formula is C26H22ClN3O3. The van der Waals surface area contributed by atoms with E-state index in [1.807, 2.05) is 48.5 Å². The van der Waals surface area contributed by atoms with E-state index in [2.05, 4.69) is 10.3 Å². The van der Waals surface area contributed by atoms with Crippen LogP contribution in [0.15, 0.2) is 77.2 Å². The number of para-hydroxylation sites is 2. The first kappa shape index (κ1) is 21.2. The van der Waals surface area contributed by atoms with Gasteiger partial charge in [-0.1, -0.05) is 23.7 Å². The van der Waals surface area contributed by atoms with Gasteiger partial charge in [-0.25, -0.2) is 4.98 Å². The van der Waals surface area contributed by atoms with Crippen LogP contribution in [0.5, 0.6) is 0 Å². The van der Waals surface area contributed by atoms with Crippen molar-refractivity contribution in [2.24, 2.45) is 5.92 Å². The molecule has 1 aliphatic rings. The van der Waals surface area contributed by atoms with Gasteiger partial charge in [0.15, 0.2) is 5.58 Å². The predicted molar refractivity (Wildman–Crippen MR) is 128 cm³/mol. The molecule has 0 aliphatic carbocycles. The van der Waals surface area contributed by atoms with Gasteiger partial charge in [0, 0.05) is 40.8 Å². The molecule has 0 atom stereocenters. The molecule has 1 N–H and O–H groups in total. The predicted octanol–water partition coefficient (Wildman–Crippen LogP) is 5.64. The molecule has 2 amide bonds. The summed E-state index contributed by atoms with van der Waals surface area (Å²) in [5.74, 6) is 0.367. The average Bonchev–Trinajstić information content (AvgIpc) is 3.29. The van der Waals surface area contributed by atoms with Crippen LogP contribution >= 0.6 is 11.6 Å². The number of hydrogen-bond donors (Lipinski definition) is 1. The standard InChI is InChI=1S/C26H22ClN3O3/c27-20-9-5-19(6-10-20)26(32)30-15-13-17(14-16-30)24(31)28-21-11-7-18(8-12-21)25-29-22-3-1-2-4-23(22)33-25/h1-12,17H,13-16H2,(H,28,31). The topological polar surface area (TPSA) is 75.4 Å². The lowest BCUT2D eigenvalue weighted by Gasteiger charge is -2.31. The maximum atomic E-state index is 12.8. The van der Waals surface area contributed by atoms with Crippen molar-refractivity contribution < 1.29 is 14.0 Å². The van der Waals surface area contributed by atoms with Crippen LogP contribution in [0.4, 0.5) is 5.69 Å². The summed E-state index contributed by atoms with van der Waals surface area (Å²) in [6, 6.07) is 22.0. The third-order valence-electron chi connectivity index (χ3n) is 5.94. The molecule has 1 aromatic heterocycles. The lowest BCUT2D eigenvalue weighted by atomic mass is 9.95. The van der Waals surface area contributed by atoms with Crippen molar-refractivity contribution >= 4 is 40.2 Å². The summed E-state index contributed by atoms with van der Waals surface area (Å²) in [6.45, 7) is 1.10. The van der Waals surface area contributed by atoms with Crippen LogP contribution in [0.1, 0.15) is 23.2 Å². The number of carbonyl (C=O) groups is 2. The number of fused-ring (bicyclic) bond motifs is 1. The molecule has 5 rings (SSSR count). The summed E-state index contributed by atoms with van der Waals surface area (Å²) in [5.41, 5.74) is 3.73. The summed E-state index contributed by atoms with van der Waals surface area (Å²) in [5, 5.41) is 3.59. The van der Waals surface area contributed by atoms with Crippen LogP contribution in [-0.4, -0.2) is 34.8 Å². The molecule has 3 aromatic carbocycles. The van der Waals surface area contributed by atoms with E-state index in [4.69, 9.17) is 16.0 Å². The summed E-state index contributed by atoms with van der Waals surface area (Å²) < 4.78 is 5.80. The number of likely N-dealkylation sites (tertiary alicyclic amines) is 1. The zero-order valence-electron chi connectivity index (χ0n) is 17.8. The van der Waals surface area contributed by atoms with Crippen LogP contribution in [-0.2, 0) is 4.79 Å². The Hall–Kier alpha value is -3.64. The van der Waals surface area contributed by atoms with E-state index in [1.165, 1.54) is 0 Å². The number of anilines is 1. The first-order valence-electron chi connectivity index (χ1n) is 10.9. The van der Waals surface area contributed by atoms with E-state index in [0.717, 1.165) is 22.4 Å². The number of benzene rings is 3. The molecule has 6 nitrogen and oxygen atoms in total. The Balaban J connectivity index is 1.17. The van der Waals surface area contributed by atoms with Gasteiger partial charge in [-0.15, -0.1) is 0 Å². The van der Waals surface area contributed by atoms with Crippen molar-refractivity contribution in [3.8, 4) is 11.5 Å². The van der Waals surface area contributed by atoms with Crippen molar-refractivity contribution in [1.29, 1.82) is 0 Å².